The van der Waals surface area contributed by atoms with Crippen molar-refractivity contribution in [2.24, 2.45) is 0 Å². The number of aromatic nitrogens is 1. The zero-order valence-corrected chi connectivity index (χ0v) is 14.0. The van der Waals surface area contributed by atoms with Gasteiger partial charge in [0, 0.05) is 44.8 Å². The van der Waals surface area contributed by atoms with E-state index in [-0.39, 0.29) is 0 Å². The van der Waals surface area contributed by atoms with E-state index in [4.69, 9.17) is 9.47 Å². The highest BCUT2D eigenvalue weighted by Gasteiger charge is 2.14. The predicted molar refractivity (Wildman–Crippen MR) is 84.8 cm³/mol. The van der Waals surface area contributed by atoms with Gasteiger partial charge in [-0.1, -0.05) is 13.8 Å². The van der Waals surface area contributed by atoms with Crippen molar-refractivity contribution in [1.29, 1.82) is 0 Å². The van der Waals surface area contributed by atoms with E-state index in [2.05, 4.69) is 36.0 Å². The lowest BCUT2D eigenvalue weighted by atomic mass is 10.3. The molecule has 0 bridgehead atoms. The SMILES string of the molecule is COCCN(CCOC)c1nc(C)c(CNC(C)C)s1. The number of methoxy groups -OCH3 is 2. The first-order valence-corrected chi connectivity index (χ1v) is 7.82. The van der Waals surface area contributed by atoms with Gasteiger partial charge in [-0.15, -0.1) is 11.3 Å². The van der Waals surface area contributed by atoms with Gasteiger partial charge in [-0.05, 0) is 6.92 Å². The van der Waals surface area contributed by atoms with Crippen LogP contribution >= 0.6 is 11.3 Å². The molecule has 1 N–H and O–H groups in total. The van der Waals surface area contributed by atoms with Crippen LogP contribution in [0, 0.1) is 6.92 Å². The third kappa shape index (κ3) is 5.75. The van der Waals surface area contributed by atoms with Crippen LogP contribution in [0.4, 0.5) is 5.13 Å². The number of thiazole rings is 1. The highest BCUT2D eigenvalue weighted by molar-refractivity contribution is 7.15. The number of anilines is 1. The van der Waals surface area contributed by atoms with E-state index in [0.717, 1.165) is 30.5 Å². The molecule has 0 aliphatic heterocycles. The Balaban J connectivity index is 2.71. The highest BCUT2D eigenvalue weighted by Crippen LogP contribution is 2.26. The third-order valence-corrected chi connectivity index (χ3v) is 4.17. The Hall–Kier alpha value is -0.690. The van der Waals surface area contributed by atoms with Crippen molar-refractivity contribution in [3.8, 4) is 0 Å². The van der Waals surface area contributed by atoms with Crippen LogP contribution in [-0.2, 0) is 16.0 Å². The number of aryl methyl sites for hydroxylation is 1. The third-order valence-electron chi connectivity index (χ3n) is 2.95. The number of nitrogens with zero attached hydrogens (tertiary/aromatic N) is 2. The summed E-state index contributed by atoms with van der Waals surface area (Å²) < 4.78 is 10.3. The van der Waals surface area contributed by atoms with Crippen molar-refractivity contribution in [3.63, 3.8) is 0 Å². The zero-order valence-electron chi connectivity index (χ0n) is 13.2. The number of nitrogens with one attached hydrogen (secondary N) is 1. The number of rotatable bonds is 10. The Morgan fingerprint density at radius 3 is 2.30 bits per heavy atom. The summed E-state index contributed by atoms with van der Waals surface area (Å²) in [5.74, 6) is 0. The lowest BCUT2D eigenvalue weighted by Crippen LogP contribution is -2.30. The standard InChI is InChI=1S/C14H27N3O2S/c1-11(2)15-10-13-12(3)16-14(20-13)17(6-8-18-4)7-9-19-5/h11,15H,6-10H2,1-5H3. The molecular formula is C14H27N3O2S. The molecule has 1 heterocycles. The second-order valence-corrected chi connectivity index (χ2v) is 6.08. The van der Waals surface area contributed by atoms with E-state index in [1.54, 1.807) is 25.6 Å². The quantitative estimate of drug-likeness (QED) is 0.717. The van der Waals surface area contributed by atoms with E-state index >= 15 is 0 Å². The monoisotopic (exact) mass is 301 g/mol. The summed E-state index contributed by atoms with van der Waals surface area (Å²) in [5, 5.41) is 4.50. The molecular weight excluding hydrogens is 274 g/mol. The molecule has 1 rings (SSSR count). The molecule has 0 aromatic carbocycles. The molecule has 0 atom stereocenters. The summed E-state index contributed by atoms with van der Waals surface area (Å²) in [6, 6.07) is 0.484. The van der Waals surface area contributed by atoms with Crippen molar-refractivity contribution in [3.05, 3.63) is 10.6 Å². The Morgan fingerprint density at radius 2 is 1.80 bits per heavy atom. The summed E-state index contributed by atoms with van der Waals surface area (Å²) in [4.78, 5) is 8.21. The molecule has 5 nitrogen and oxygen atoms in total. The maximum atomic E-state index is 5.17. The molecule has 1 aromatic heterocycles. The molecule has 1 aromatic rings. The Bertz CT molecular complexity index is 374. The maximum absolute atomic E-state index is 5.17. The van der Waals surface area contributed by atoms with Crippen LogP contribution in [0.15, 0.2) is 0 Å². The van der Waals surface area contributed by atoms with E-state index < -0.39 is 0 Å². The Kier molecular flexibility index (Phi) is 8.06. The van der Waals surface area contributed by atoms with Crippen LogP contribution in [-0.4, -0.2) is 51.5 Å². The van der Waals surface area contributed by atoms with E-state index in [0.29, 0.717) is 19.3 Å². The van der Waals surface area contributed by atoms with Gasteiger partial charge in [0.05, 0.1) is 18.9 Å². The average Bonchev–Trinajstić information content (AvgIpc) is 2.78. The fourth-order valence-corrected chi connectivity index (χ4v) is 2.78. The highest BCUT2D eigenvalue weighted by atomic mass is 32.1. The van der Waals surface area contributed by atoms with Gasteiger partial charge < -0.3 is 19.7 Å². The second-order valence-electron chi connectivity index (χ2n) is 5.01. The van der Waals surface area contributed by atoms with Crippen LogP contribution in [0.25, 0.3) is 0 Å². The first-order valence-electron chi connectivity index (χ1n) is 7.01. The van der Waals surface area contributed by atoms with Crippen molar-refractivity contribution >= 4 is 16.5 Å². The van der Waals surface area contributed by atoms with Crippen LogP contribution in [0.2, 0.25) is 0 Å². The van der Waals surface area contributed by atoms with Crippen LogP contribution < -0.4 is 10.2 Å². The molecule has 6 heteroatoms. The van der Waals surface area contributed by atoms with Crippen molar-refractivity contribution < 1.29 is 9.47 Å². The van der Waals surface area contributed by atoms with Gasteiger partial charge in [0.2, 0.25) is 0 Å². The number of hydrogen-bond acceptors (Lipinski definition) is 6. The van der Waals surface area contributed by atoms with E-state index in [1.165, 1.54) is 4.88 Å². The minimum Gasteiger partial charge on any atom is -0.383 e. The second kappa shape index (κ2) is 9.28. The van der Waals surface area contributed by atoms with Gasteiger partial charge in [0.15, 0.2) is 5.13 Å². The van der Waals surface area contributed by atoms with E-state index in [1.807, 2.05) is 0 Å². The number of ether oxygens (including phenoxy) is 2. The molecule has 0 amide bonds. The van der Waals surface area contributed by atoms with Gasteiger partial charge in [-0.25, -0.2) is 4.98 Å². The summed E-state index contributed by atoms with van der Waals surface area (Å²) in [5.41, 5.74) is 1.11. The molecule has 0 aliphatic rings. The number of hydrogen-bond donors (Lipinski definition) is 1. The fraction of sp³-hybridized carbons (Fsp3) is 0.786. The summed E-state index contributed by atoms with van der Waals surface area (Å²) >= 11 is 1.75. The Morgan fingerprint density at radius 1 is 1.20 bits per heavy atom. The van der Waals surface area contributed by atoms with Gasteiger partial charge >= 0.3 is 0 Å². The van der Waals surface area contributed by atoms with Gasteiger partial charge in [0.1, 0.15) is 0 Å². The average molecular weight is 301 g/mol. The minimum absolute atomic E-state index is 0.484. The predicted octanol–water partition coefficient (Wildman–Crippen LogP) is 2.05. The molecule has 0 fully saturated rings. The Labute approximate surface area is 126 Å². The molecule has 0 radical (unpaired) electrons. The van der Waals surface area contributed by atoms with Crippen LogP contribution in [0.3, 0.4) is 0 Å². The van der Waals surface area contributed by atoms with E-state index in [9.17, 15) is 0 Å². The molecule has 0 spiro atoms. The van der Waals surface area contributed by atoms with Crippen LogP contribution in [0.5, 0.6) is 0 Å². The lowest BCUT2D eigenvalue weighted by molar-refractivity contribution is 0.190. The minimum atomic E-state index is 0.484. The fourth-order valence-electron chi connectivity index (χ4n) is 1.71. The molecule has 116 valence electrons. The van der Waals surface area contributed by atoms with Crippen molar-refractivity contribution in [1.82, 2.24) is 10.3 Å². The molecule has 0 unspecified atom stereocenters. The van der Waals surface area contributed by atoms with Crippen molar-refractivity contribution in [2.75, 3.05) is 45.4 Å². The summed E-state index contributed by atoms with van der Waals surface area (Å²) in [7, 11) is 3.44. The topological polar surface area (TPSA) is 46.6 Å². The first kappa shape index (κ1) is 17.4. The molecule has 0 saturated carbocycles. The van der Waals surface area contributed by atoms with Gasteiger partial charge in [0.25, 0.3) is 0 Å². The largest absolute Gasteiger partial charge is 0.383 e. The van der Waals surface area contributed by atoms with Crippen molar-refractivity contribution in [2.45, 2.75) is 33.4 Å². The molecule has 0 aliphatic carbocycles. The van der Waals surface area contributed by atoms with Gasteiger partial charge in [-0.3, -0.25) is 0 Å². The van der Waals surface area contributed by atoms with Gasteiger partial charge in [-0.2, -0.15) is 0 Å². The molecule has 20 heavy (non-hydrogen) atoms. The lowest BCUT2D eigenvalue weighted by Gasteiger charge is -2.20. The van der Waals surface area contributed by atoms with Crippen LogP contribution in [0.1, 0.15) is 24.4 Å². The smallest absolute Gasteiger partial charge is 0.185 e. The first-order chi connectivity index (χ1) is 9.58. The summed E-state index contributed by atoms with van der Waals surface area (Å²) in [6.07, 6.45) is 0. The molecule has 0 saturated heterocycles. The maximum Gasteiger partial charge on any atom is 0.185 e. The normalized spacial score (nSPS) is 11.3. The summed E-state index contributed by atoms with van der Waals surface area (Å²) in [6.45, 7) is 10.3. The zero-order chi connectivity index (χ0) is 15.0.